The van der Waals surface area contributed by atoms with Crippen LogP contribution in [0.3, 0.4) is 0 Å². The van der Waals surface area contributed by atoms with Crippen molar-refractivity contribution in [1.82, 2.24) is 0 Å². The molecule has 0 bridgehead atoms. The van der Waals surface area contributed by atoms with Crippen LogP contribution in [-0.4, -0.2) is 24.1 Å². The van der Waals surface area contributed by atoms with Gasteiger partial charge in [0.1, 0.15) is 0 Å². The van der Waals surface area contributed by atoms with Crippen molar-refractivity contribution in [2.24, 2.45) is 0 Å². The van der Waals surface area contributed by atoms with Crippen LogP contribution in [0.15, 0.2) is 35.7 Å². The van der Waals surface area contributed by atoms with Crippen molar-refractivity contribution in [2.75, 3.05) is 12.4 Å². The minimum absolute atomic E-state index is 0.220. The minimum Gasteiger partial charge on any atom is -0.481 e. The zero-order valence-electron chi connectivity index (χ0n) is 12.3. The van der Waals surface area contributed by atoms with Crippen molar-refractivity contribution < 1.29 is 19.4 Å². The van der Waals surface area contributed by atoms with Crippen molar-refractivity contribution >= 4 is 28.9 Å². The average molecular weight is 319 g/mol. The zero-order chi connectivity index (χ0) is 16.1. The number of nitrogens with one attached hydrogen (secondary N) is 1. The van der Waals surface area contributed by atoms with Gasteiger partial charge in [0.05, 0.1) is 17.4 Å². The summed E-state index contributed by atoms with van der Waals surface area (Å²) < 4.78 is 5.07. The molecule has 2 aromatic rings. The Morgan fingerprint density at radius 2 is 2.14 bits per heavy atom. The molecule has 5 nitrogen and oxygen atoms in total. The van der Waals surface area contributed by atoms with Crippen LogP contribution in [0.25, 0.3) is 0 Å². The number of amides is 1. The number of rotatable bonds is 6. The fourth-order valence-electron chi connectivity index (χ4n) is 2.02. The van der Waals surface area contributed by atoms with Crippen LogP contribution < -0.4 is 5.32 Å². The predicted octanol–water partition coefficient (Wildman–Crippen LogP) is 3.33. The first kappa shape index (κ1) is 16.2. The molecule has 1 aromatic heterocycles. The number of carboxylic acid groups (broad SMARTS) is 1. The smallest absolute Gasteiger partial charge is 0.310 e. The van der Waals surface area contributed by atoms with Gasteiger partial charge in [-0.1, -0.05) is 12.1 Å². The molecule has 0 radical (unpaired) electrons. The molecule has 22 heavy (non-hydrogen) atoms. The number of aliphatic carboxylic acids is 1. The summed E-state index contributed by atoms with van der Waals surface area (Å²) in [5.41, 5.74) is 2.06. The summed E-state index contributed by atoms with van der Waals surface area (Å²) in [6.45, 7) is 1.99. The molecule has 1 atom stereocenters. The van der Waals surface area contributed by atoms with Gasteiger partial charge in [0.15, 0.2) is 0 Å². The summed E-state index contributed by atoms with van der Waals surface area (Å²) in [6.07, 6.45) is 0. The lowest BCUT2D eigenvalue weighted by molar-refractivity contribution is -0.138. The lowest BCUT2D eigenvalue weighted by atomic mass is 10.0. The number of carbonyl (C=O) groups is 2. The standard InChI is InChI=1S/C16H17NO4S/c1-10(16(19)20)11-4-3-5-13(8-11)17-15(18)14-12(9-21-2)6-7-22-14/h3-8,10H,9H2,1-2H3,(H,17,18)(H,19,20). The number of benzene rings is 1. The maximum Gasteiger partial charge on any atom is 0.310 e. The van der Waals surface area contributed by atoms with Gasteiger partial charge in [0.25, 0.3) is 5.91 Å². The lowest BCUT2D eigenvalue weighted by Gasteiger charge is -2.10. The second-order valence-corrected chi connectivity index (χ2v) is 5.76. The fourth-order valence-corrected chi connectivity index (χ4v) is 2.83. The predicted molar refractivity (Wildman–Crippen MR) is 85.5 cm³/mol. The molecular weight excluding hydrogens is 302 g/mol. The molecule has 1 aromatic carbocycles. The number of methoxy groups -OCH3 is 1. The van der Waals surface area contributed by atoms with Crippen LogP contribution in [0, 0.1) is 0 Å². The Balaban J connectivity index is 2.16. The van der Waals surface area contributed by atoms with Crippen LogP contribution in [-0.2, 0) is 16.1 Å². The van der Waals surface area contributed by atoms with Crippen molar-refractivity contribution in [1.29, 1.82) is 0 Å². The Hall–Kier alpha value is -2.18. The maximum absolute atomic E-state index is 12.3. The van der Waals surface area contributed by atoms with E-state index in [4.69, 9.17) is 9.84 Å². The van der Waals surface area contributed by atoms with E-state index in [0.29, 0.717) is 22.7 Å². The van der Waals surface area contributed by atoms with E-state index in [0.717, 1.165) is 5.56 Å². The summed E-state index contributed by atoms with van der Waals surface area (Å²) in [7, 11) is 1.58. The molecule has 0 aliphatic carbocycles. The topological polar surface area (TPSA) is 75.6 Å². The summed E-state index contributed by atoms with van der Waals surface area (Å²) in [5, 5.41) is 13.7. The summed E-state index contributed by atoms with van der Waals surface area (Å²) in [5.74, 6) is -1.74. The Morgan fingerprint density at radius 1 is 1.36 bits per heavy atom. The van der Waals surface area contributed by atoms with E-state index in [1.807, 2.05) is 11.4 Å². The minimum atomic E-state index is -0.899. The van der Waals surface area contributed by atoms with E-state index < -0.39 is 11.9 Å². The van der Waals surface area contributed by atoms with Gasteiger partial charge < -0.3 is 15.2 Å². The second-order valence-electron chi connectivity index (χ2n) is 4.85. The van der Waals surface area contributed by atoms with E-state index in [2.05, 4.69) is 5.32 Å². The highest BCUT2D eigenvalue weighted by Crippen LogP contribution is 2.22. The number of thiophene rings is 1. The van der Waals surface area contributed by atoms with Crippen LogP contribution in [0.4, 0.5) is 5.69 Å². The van der Waals surface area contributed by atoms with Crippen molar-refractivity contribution in [3.63, 3.8) is 0 Å². The van der Waals surface area contributed by atoms with Crippen LogP contribution >= 0.6 is 11.3 Å². The number of carbonyl (C=O) groups excluding carboxylic acids is 1. The molecule has 0 aliphatic heterocycles. The average Bonchev–Trinajstić information content (AvgIpc) is 2.95. The first-order valence-corrected chi connectivity index (χ1v) is 7.60. The van der Waals surface area contributed by atoms with Gasteiger partial charge in [0.2, 0.25) is 0 Å². The zero-order valence-corrected chi connectivity index (χ0v) is 13.1. The molecule has 6 heteroatoms. The molecule has 0 fully saturated rings. The Morgan fingerprint density at radius 3 is 2.82 bits per heavy atom. The first-order chi connectivity index (χ1) is 10.5. The van der Waals surface area contributed by atoms with Gasteiger partial charge >= 0.3 is 5.97 Å². The van der Waals surface area contributed by atoms with Crippen LogP contribution in [0.1, 0.15) is 33.6 Å². The van der Waals surface area contributed by atoms with E-state index in [9.17, 15) is 9.59 Å². The summed E-state index contributed by atoms with van der Waals surface area (Å²) in [4.78, 5) is 23.9. The largest absolute Gasteiger partial charge is 0.481 e. The van der Waals surface area contributed by atoms with E-state index in [1.165, 1.54) is 11.3 Å². The van der Waals surface area contributed by atoms with Crippen LogP contribution in [0.5, 0.6) is 0 Å². The van der Waals surface area contributed by atoms with Crippen molar-refractivity contribution in [3.05, 3.63) is 51.7 Å². The third kappa shape index (κ3) is 3.72. The third-order valence-electron chi connectivity index (χ3n) is 3.27. The molecule has 1 amide bonds. The monoisotopic (exact) mass is 319 g/mol. The number of hydrogen-bond acceptors (Lipinski definition) is 4. The number of anilines is 1. The SMILES string of the molecule is COCc1ccsc1C(=O)Nc1cccc(C(C)C(=O)O)c1. The highest BCUT2D eigenvalue weighted by atomic mass is 32.1. The molecule has 1 unspecified atom stereocenters. The van der Waals surface area contributed by atoms with E-state index in [-0.39, 0.29) is 5.91 Å². The molecule has 2 rings (SSSR count). The van der Waals surface area contributed by atoms with Gasteiger partial charge in [-0.3, -0.25) is 9.59 Å². The second kappa shape index (κ2) is 7.20. The van der Waals surface area contributed by atoms with Gasteiger partial charge in [-0.15, -0.1) is 11.3 Å². The number of hydrogen-bond donors (Lipinski definition) is 2. The maximum atomic E-state index is 12.3. The summed E-state index contributed by atoms with van der Waals surface area (Å²) in [6, 6.07) is 8.73. The van der Waals surface area contributed by atoms with E-state index in [1.54, 1.807) is 38.3 Å². The van der Waals surface area contributed by atoms with Gasteiger partial charge in [0, 0.05) is 18.4 Å². The summed E-state index contributed by atoms with van der Waals surface area (Å²) >= 11 is 1.35. The number of ether oxygens (including phenoxy) is 1. The quantitative estimate of drug-likeness (QED) is 0.856. The molecule has 2 N–H and O–H groups in total. The van der Waals surface area contributed by atoms with Crippen molar-refractivity contribution in [2.45, 2.75) is 19.4 Å². The molecule has 0 saturated carbocycles. The van der Waals surface area contributed by atoms with Gasteiger partial charge in [-0.05, 0) is 36.1 Å². The van der Waals surface area contributed by atoms with Crippen LogP contribution in [0.2, 0.25) is 0 Å². The lowest BCUT2D eigenvalue weighted by Crippen LogP contribution is -2.13. The Kier molecular flexibility index (Phi) is 5.30. The molecule has 0 saturated heterocycles. The highest BCUT2D eigenvalue weighted by molar-refractivity contribution is 7.12. The first-order valence-electron chi connectivity index (χ1n) is 6.72. The highest BCUT2D eigenvalue weighted by Gasteiger charge is 2.16. The molecule has 116 valence electrons. The molecular formula is C16H17NO4S. The third-order valence-corrected chi connectivity index (χ3v) is 4.22. The van der Waals surface area contributed by atoms with Crippen molar-refractivity contribution in [3.8, 4) is 0 Å². The molecule has 0 aliphatic rings. The van der Waals surface area contributed by atoms with Gasteiger partial charge in [-0.2, -0.15) is 0 Å². The molecule has 1 heterocycles. The fraction of sp³-hybridized carbons (Fsp3) is 0.250. The van der Waals surface area contributed by atoms with Gasteiger partial charge in [-0.25, -0.2) is 0 Å². The Labute approximate surface area is 132 Å². The van der Waals surface area contributed by atoms with E-state index >= 15 is 0 Å². The number of carboxylic acids is 1. The Bertz CT molecular complexity index is 680. The normalized spacial score (nSPS) is 11.9. The molecule has 0 spiro atoms.